The van der Waals surface area contributed by atoms with Crippen molar-refractivity contribution in [2.45, 2.75) is 26.3 Å². The maximum atomic E-state index is 3.36. The highest BCUT2D eigenvalue weighted by Crippen LogP contribution is 2.21. The number of rotatable bonds is 6. The van der Waals surface area contributed by atoms with E-state index in [4.69, 9.17) is 0 Å². The number of benzene rings is 1. The lowest BCUT2D eigenvalue weighted by molar-refractivity contribution is 0.222. The first-order chi connectivity index (χ1) is 9.69. The van der Waals surface area contributed by atoms with E-state index in [1.165, 1.54) is 43.7 Å². The number of anilines is 1. The molecule has 1 N–H and O–H groups in total. The third-order valence-electron chi connectivity index (χ3n) is 4.33. The number of nitrogens with zero attached hydrogens (tertiary/aromatic N) is 2. The molecule has 0 unspecified atom stereocenters. The van der Waals surface area contributed by atoms with Crippen molar-refractivity contribution in [1.29, 1.82) is 0 Å². The highest BCUT2D eigenvalue weighted by Gasteiger charge is 2.18. The predicted molar refractivity (Wildman–Crippen MR) is 87.3 cm³/mol. The molecule has 1 aliphatic rings. The standard InChI is InChI=1S/C17H29N3/c1-4-18-13-15-5-7-17(8-6-15)20(3)14-16-9-11-19(2)12-10-16/h5-8,16,18H,4,9-14H2,1-3H3. The van der Waals surface area contributed by atoms with Crippen LogP contribution >= 0.6 is 0 Å². The van der Waals surface area contributed by atoms with Gasteiger partial charge in [-0.1, -0.05) is 19.1 Å². The van der Waals surface area contributed by atoms with Crippen LogP contribution < -0.4 is 10.2 Å². The summed E-state index contributed by atoms with van der Waals surface area (Å²) in [7, 11) is 4.45. The Labute approximate surface area is 124 Å². The topological polar surface area (TPSA) is 18.5 Å². The van der Waals surface area contributed by atoms with E-state index < -0.39 is 0 Å². The summed E-state index contributed by atoms with van der Waals surface area (Å²) in [6.45, 7) is 7.82. The maximum Gasteiger partial charge on any atom is 0.0363 e. The molecule has 0 bridgehead atoms. The summed E-state index contributed by atoms with van der Waals surface area (Å²) in [5, 5.41) is 3.36. The monoisotopic (exact) mass is 275 g/mol. The number of hydrogen-bond donors (Lipinski definition) is 1. The molecule has 1 saturated heterocycles. The van der Waals surface area contributed by atoms with Gasteiger partial charge >= 0.3 is 0 Å². The van der Waals surface area contributed by atoms with Gasteiger partial charge in [-0.15, -0.1) is 0 Å². The number of nitrogens with one attached hydrogen (secondary N) is 1. The van der Waals surface area contributed by atoms with Gasteiger partial charge in [0, 0.05) is 25.8 Å². The second kappa shape index (κ2) is 7.65. The second-order valence-electron chi connectivity index (χ2n) is 6.07. The molecule has 1 aromatic rings. The van der Waals surface area contributed by atoms with Gasteiger partial charge in [0.2, 0.25) is 0 Å². The van der Waals surface area contributed by atoms with Crippen LogP contribution in [0.3, 0.4) is 0 Å². The Balaban J connectivity index is 1.84. The zero-order valence-corrected chi connectivity index (χ0v) is 13.2. The molecule has 20 heavy (non-hydrogen) atoms. The minimum Gasteiger partial charge on any atom is -0.374 e. The van der Waals surface area contributed by atoms with Crippen LogP contribution in [0.25, 0.3) is 0 Å². The van der Waals surface area contributed by atoms with Crippen LogP contribution in [0.15, 0.2) is 24.3 Å². The molecule has 3 nitrogen and oxygen atoms in total. The molecule has 0 aliphatic carbocycles. The van der Waals surface area contributed by atoms with E-state index in [1.54, 1.807) is 0 Å². The van der Waals surface area contributed by atoms with Crippen LogP contribution in [0.4, 0.5) is 5.69 Å². The first kappa shape index (κ1) is 15.3. The smallest absolute Gasteiger partial charge is 0.0363 e. The van der Waals surface area contributed by atoms with Crippen LogP contribution in [-0.4, -0.2) is 45.2 Å². The normalized spacial score (nSPS) is 17.4. The van der Waals surface area contributed by atoms with Gasteiger partial charge in [0.15, 0.2) is 0 Å². The first-order valence-corrected chi connectivity index (χ1v) is 7.88. The third-order valence-corrected chi connectivity index (χ3v) is 4.33. The van der Waals surface area contributed by atoms with E-state index in [0.717, 1.165) is 19.0 Å². The van der Waals surface area contributed by atoms with Gasteiger partial charge in [0.25, 0.3) is 0 Å². The molecule has 1 fully saturated rings. The van der Waals surface area contributed by atoms with E-state index in [2.05, 4.69) is 60.4 Å². The maximum absolute atomic E-state index is 3.36. The van der Waals surface area contributed by atoms with Crippen molar-refractivity contribution in [3.8, 4) is 0 Å². The number of likely N-dealkylation sites (tertiary alicyclic amines) is 1. The molecule has 1 aliphatic heterocycles. The summed E-state index contributed by atoms with van der Waals surface area (Å²) < 4.78 is 0. The summed E-state index contributed by atoms with van der Waals surface area (Å²) in [6.07, 6.45) is 2.67. The van der Waals surface area contributed by atoms with Gasteiger partial charge < -0.3 is 15.1 Å². The fourth-order valence-electron chi connectivity index (χ4n) is 2.87. The van der Waals surface area contributed by atoms with Gasteiger partial charge in [-0.2, -0.15) is 0 Å². The molecule has 0 amide bonds. The van der Waals surface area contributed by atoms with Gasteiger partial charge in [-0.05, 0) is 63.1 Å². The molecular formula is C17H29N3. The molecule has 0 atom stereocenters. The van der Waals surface area contributed by atoms with E-state index in [-0.39, 0.29) is 0 Å². The van der Waals surface area contributed by atoms with Crippen LogP contribution in [0.2, 0.25) is 0 Å². The van der Waals surface area contributed by atoms with E-state index >= 15 is 0 Å². The zero-order valence-electron chi connectivity index (χ0n) is 13.2. The van der Waals surface area contributed by atoms with E-state index in [9.17, 15) is 0 Å². The van der Waals surface area contributed by atoms with Crippen LogP contribution in [0.5, 0.6) is 0 Å². The molecule has 0 saturated carbocycles. The average molecular weight is 275 g/mol. The van der Waals surface area contributed by atoms with Crippen molar-refractivity contribution in [3.63, 3.8) is 0 Å². The minimum atomic E-state index is 0.845. The predicted octanol–water partition coefficient (Wildman–Crippen LogP) is 2.57. The lowest BCUT2D eigenvalue weighted by Crippen LogP contribution is -2.35. The molecular weight excluding hydrogens is 246 g/mol. The highest BCUT2D eigenvalue weighted by molar-refractivity contribution is 5.46. The van der Waals surface area contributed by atoms with Gasteiger partial charge in [0.1, 0.15) is 0 Å². The number of hydrogen-bond acceptors (Lipinski definition) is 3. The Morgan fingerprint density at radius 1 is 1.20 bits per heavy atom. The van der Waals surface area contributed by atoms with E-state index in [0.29, 0.717) is 0 Å². The van der Waals surface area contributed by atoms with Crippen molar-refractivity contribution < 1.29 is 0 Å². The average Bonchev–Trinajstić information content (AvgIpc) is 2.48. The quantitative estimate of drug-likeness (QED) is 0.861. The van der Waals surface area contributed by atoms with Crippen molar-refractivity contribution in [3.05, 3.63) is 29.8 Å². The van der Waals surface area contributed by atoms with Gasteiger partial charge in [0.05, 0.1) is 0 Å². The van der Waals surface area contributed by atoms with Crippen molar-refractivity contribution in [2.75, 3.05) is 45.2 Å². The first-order valence-electron chi connectivity index (χ1n) is 7.88. The molecule has 1 heterocycles. The van der Waals surface area contributed by atoms with Gasteiger partial charge in [-0.3, -0.25) is 0 Å². The SMILES string of the molecule is CCNCc1ccc(N(C)CC2CCN(C)CC2)cc1. The minimum absolute atomic E-state index is 0.845. The lowest BCUT2D eigenvalue weighted by Gasteiger charge is -2.32. The molecule has 0 spiro atoms. The highest BCUT2D eigenvalue weighted by atomic mass is 15.1. The Morgan fingerprint density at radius 3 is 2.45 bits per heavy atom. The van der Waals surface area contributed by atoms with E-state index in [1.807, 2.05) is 0 Å². The molecule has 1 aromatic carbocycles. The molecule has 2 rings (SSSR count). The second-order valence-corrected chi connectivity index (χ2v) is 6.07. The Bertz CT molecular complexity index is 380. The molecule has 112 valence electrons. The van der Waals surface area contributed by atoms with Crippen molar-refractivity contribution in [1.82, 2.24) is 10.2 Å². The Hall–Kier alpha value is -1.06. The fraction of sp³-hybridized carbons (Fsp3) is 0.647. The van der Waals surface area contributed by atoms with Crippen LogP contribution in [0, 0.1) is 5.92 Å². The summed E-state index contributed by atoms with van der Waals surface area (Å²) >= 11 is 0. The number of piperidine rings is 1. The summed E-state index contributed by atoms with van der Waals surface area (Å²) in [4.78, 5) is 4.85. The summed E-state index contributed by atoms with van der Waals surface area (Å²) in [5.41, 5.74) is 2.70. The summed E-state index contributed by atoms with van der Waals surface area (Å²) in [5.74, 6) is 0.845. The zero-order chi connectivity index (χ0) is 14.4. The fourth-order valence-corrected chi connectivity index (χ4v) is 2.87. The third kappa shape index (κ3) is 4.50. The molecule has 0 radical (unpaired) electrons. The van der Waals surface area contributed by atoms with Gasteiger partial charge in [-0.25, -0.2) is 0 Å². The van der Waals surface area contributed by atoms with Crippen LogP contribution in [-0.2, 0) is 6.54 Å². The summed E-state index contributed by atoms with van der Waals surface area (Å²) in [6, 6.07) is 8.98. The molecule has 3 heteroatoms. The Morgan fingerprint density at radius 2 is 1.85 bits per heavy atom. The van der Waals surface area contributed by atoms with Crippen LogP contribution in [0.1, 0.15) is 25.3 Å². The largest absolute Gasteiger partial charge is 0.374 e. The Kier molecular flexibility index (Phi) is 5.86. The molecule has 0 aromatic heterocycles. The van der Waals surface area contributed by atoms with Crippen molar-refractivity contribution in [2.24, 2.45) is 5.92 Å². The van der Waals surface area contributed by atoms with Crippen molar-refractivity contribution >= 4 is 5.69 Å². The lowest BCUT2D eigenvalue weighted by atomic mass is 9.96.